The topological polar surface area (TPSA) is 59.7 Å². The Bertz CT molecular complexity index is 1140. The molecule has 4 heterocycles. The molecule has 4 aromatic rings. The largest absolute Gasteiger partial charge is 0.341 e. The molecular weight excluding hydrogens is 436 g/mol. The maximum atomic E-state index is 6.53. The van der Waals surface area contributed by atoms with Gasteiger partial charge in [-0.25, -0.2) is 4.98 Å². The smallest absolute Gasteiger partial charge is 0.232 e. The Morgan fingerprint density at radius 1 is 1.03 bits per heavy atom. The monoisotopic (exact) mass is 454 g/mol. The molecule has 6 nitrogen and oxygen atoms in total. The van der Waals surface area contributed by atoms with E-state index in [2.05, 4.69) is 30.0 Å². The van der Waals surface area contributed by atoms with Gasteiger partial charge in [-0.1, -0.05) is 41.6 Å². The molecule has 30 heavy (non-hydrogen) atoms. The third kappa shape index (κ3) is 3.95. The highest BCUT2D eigenvalue weighted by Gasteiger charge is 2.23. The molecule has 0 N–H and O–H groups in total. The second-order valence-corrected chi connectivity index (χ2v) is 9.12. The Morgan fingerprint density at radius 3 is 2.67 bits per heavy atom. The lowest BCUT2D eigenvalue weighted by Crippen LogP contribution is -2.22. The van der Waals surface area contributed by atoms with Crippen LogP contribution in [0.1, 0.15) is 18.5 Å². The first-order valence-corrected chi connectivity index (χ1v) is 12.0. The van der Waals surface area contributed by atoms with Crippen molar-refractivity contribution in [3.05, 3.63) is 64.8 Å². The first-order valence-electron chi connectivity index (χ1n) is 9.73. The molecule has 0 radical (unpaired) electrons. The van der Waals surface area contributed by atoms with Crippen molar-refractivity contribution in [1.29, 1.82) is 0 Å². The summed E-state index contributed by atoms with van der Waals surface area (Å²) in [5.41, 5.74) is 2.80. The maximum absolute atomic E-state index is 6.53. The molecule has 1 saturated heterocycles. The van der Waals surface area contributed by atoms with Gasteiger partial charge in [-0.2, -0.15) is 0 Å². The van der Waals surface area contributed by atoms with Crippen molar-refractivity contribution >= 4 is 40.6 Å². The number of anilines is 1. The molecule has 0 bridgehead atoms. The molecule has 1 aliphatic heterocycles. The van der Waals surface area contributed by atoms with E-state index in [1.54, 1.807) is 29.3 Å². The van der Waals surface area contributed by atoms with Crippen LogP contribution in [0.25, 0.3) is 16.4 Å². The highest BCUT2D eigenvalue weighted by molar-refractivity contribution is 7.98. The van der Waals surface area contributed by atoms with Crippen LogP contribution in [0.15, 0.2) is 59.2 Å². The summed E-state index contributed by atoms with van der Waals surface area (Å²) in [5, 5.41) is 13.5. The number of halogens is 1. The van der Waals surface area contributed by atoms with Crippen molar-refractivity contribution in [1.82, 2.24) is 24.7 Å². The van der Waals surface area contributed by atoms with Gasteiger partial charge >= 0.3 is 0 Å². The lowest BCUT2D eigenvalue weighted by Gasteiger charge is -2.19. The summed E-state index contributed by atoms with van der Waals surface area (Å²) in [6.45, 7) is 1.99. The summed E-state index contributed by atoms with van der Waals surface area (Å²) in [4.78, 5) is 11.4. The average Bonchev–Trinajstić information content (AvgIpc) is 3.53. The quantitative estimate of drug-likeness (QED) is 0.367. The Hall–Kier alpha value is -2.42. The minimum Gasteiger partial charge on any atom is -0.341 e. The summed E-state index contributed by atoms with van der Waals surface area (Å²) in [7, 11) is 0. The lowest BCUT2D eigenvalue weighted by atomic mass is 10.3. The first-order chi connectivity index (χ1) is 14.8. The van der Waals surface area contributed by atoms with E-state index in [0.29, 0.717) is 10.8 Å². The standard InChI is InChI=1S/C21H19ClN6S2/c22-16-7-1-2-9-18(16)28-20(27-11-5-6-12-27)25-26-21(28)30-14-15-13-29-19(24-15)17-8-3-4-10-23-17/h1-4,7-10,13H,5-6,11-12,14H2. The number of rotatable bonds is 6. The third-order valence-corrected chi connectivity index (χ3v) is 7.08. The predicted octanol–water partition coefficient (Wildman–Crippen LogP) is 5.33. The van der Waals surface area contributed by atoms with Crippen LogP contribution in [-0.2, 0) is 5.75 Å². The normalized spacial score (nSPS) is 13.8. The van der Waals surface area contributed by atoms with Crippen molar-refractivity contribution in [2.24, 2.45) is 0 Å². The van der Waals surface area contributed by atoms with Crippen LogP contribution in [0.2, 0.25) is 5.02 Å². The van der Waals surface area contributed by atoms with Crippen LogP contribution in [0, 0.1) is 0 Å². The fourth-order valence-electron chi connectivity index (χ4n) is 3.44. The SMILES string of the molecule is Clc1ccccc1-n1c(SCc2csc(-c3ccccn3)n2)nnc1N1CCCC1. The number of benzene rings is 1. The minimum atomic E-state index is 0.686. The minimum absolute atomic E-state index is 0.686. The molecule has 9 heteroatoms. The van der Waals surface area contributed by atoms with Crippen molar-refractivity contribution in [2.45, 2.75) is 23.8 Å². The average molecular weight is 455 g/mol. The Kier molecular flexibility index (Phi) is 5.70. The van der Waals surface area contributed by atoms with Gasteiger partial charge in [-0.05, 0) is 37.1 Å². The summed E-state index contributed by atoms with van der Waals surface area (Å²) in [6, 6.07) is 13.7. The van der Waals surface area contributed by atoms with Crippen LogP contribution in [-0.4, -0.2) is 37.8 Å². The van der Waals surface area contributed by atoms with Gasteiger partial charge in [-0.3, -0.25) is 9.55 Å². The van der Waals surface area contributed by atoms with Crippen LogP contribution < -0.4 is 4.90 Å². The number of thioether (sulfide) groups is 1. The van der Waals surface area contributed by atoms with Gasteiger partial charge < -0.3 is 4.90 Å². The molecule has 1 aliphatic rings. The lowest BCUT2D eigenvalue weighted by molar-refractivity contribution is 0.841. The van der Waals surface area contributed by atoms with Crippen molar-refractivity contribution < 1.29 is 0 Å². The fourth-order valence-corrected chi connectivity index (χ4v) is 5.39. The van der Waals surface area contributed by atoms with Gasteiger partial charge in [0.15, 0.2) is 5.16 Å². The van der Waals surface area contributed by atoms with Gasteiger partial charge in [0.1, 0.15) is 5.01 Å². The zero-order valence-corrected chi connectivity index (χ0v) is 18.5. The number of thiazole rings is 1. The fraction of sp³-hybridized carbons (Fsp3) is 0.238. The van der Waals surface area contributed by atoms with E-state index >= 15 is 0 Å². The van der Waals surface area contributed by atoms with E-state index < -0.39 is 0 Å². The predicted molar refractivity (Wildman–Crippen MR) is 123 cm³/mol. The molecule has 152 valence electrons. The Morgan fingerprint density at radius 2 is 1.87 bits per heavy atom. The van der Waals surface area contributed by atoms with E-state index in [9.17, 15) is 0 Å². The van der Waals surface area contributed by atoms with Crippen molar-refractivity contribution in [3.63, 3.8) is 0 Å². The summed E-state index contributed by atoms with van der Waals surface area (Å²) < 4.78 is 2.07. The molecule has 0 unspecified atom stereocenters. The molecule has 5 rings (SSSR count). The van der Waals surface area contributed by atoms with E-state index in [1.807, 2.05) is 42.5 Å². The molecule has 3 aromatic heterocycles. The van der Waals surface area contributed by atoms with Crippen LogP contribution in [0.3, 0.4) is 0 Å². The van der Waals surface area contributed by atoms with Crippen molar-refractivity contribution in [3.8, 4) is 16.4 Å². The first kappa shape index (κ1) is 19.5. The second-order valence-electron chi connectivity index (χ2n) is 6.91. The number of hydrogen-bond donors (Lipinski definition) is 0. The van der Waals surface area contributed by atoms with Gasteiger partial charge in [0.05, 0.1) is 22.1 Å². The van der Waals surface area contributed by atoms with E-state index in [4.69, 9.17) is 16.6 Å². The molecule has 0 atom stereocenters. The van der Waals surface area contributed by atoms with Crippen LogP contribution in [0.5, 0.6) is 0 Å². The van der Waals surface area contributed by atoms with Crippen molar-refractivity contribution in [2.75, 3.05) is 18.0 Å². The Balaban J connectivity index is 1.42. The highest BCUT2D eigenvalue weighted by atomic mass is 35.5. The van der Waals surface area contributed by atoms with E-state index in [-0.39, 0.29) is 0 Å². The van der Waals surface area contributed by atoms with Gasteiger partial charge in [0.25, 0.3) is 0 Å². The van der Waals surface area contributed by atoms with E-state index in [1.165, 1.54) is 12.8 Å². The second kappa shape index (κ2) is 8.75. The van der Waals surface area contributed by atoms with Crippen LogP contribution in [0.4, 0.5) is 5.95 Å². The zero-order chi connectivity index (χ0) is 20.3. The molecule has 0 amide bonds. The molecule has 1 fully saturated rings. The number of pyridine rings is 1. The van der Waals surface area contributed by atoms with Gasteiger partial charge in [0, 0.05) is 30.4 Å². The summed E-state index contributed by atoms with van der Waals surface area (Å²) >= 11 is 9.76. The summed E-state index contributed by atoms with van der Waals surface area (Å²) in [6.07, 6.45) is 4.14. The number of nitrogens with zero attached hydrogens (tertiary/aromatic N) is 6. The van der Waals surface area contributed by atoms with Crippen LogP contribution >= 0.6 is 34.7 Å². The third-order valence-electron chi connectivity index (χ3n) is 4.88. The molecular formula is C21H19ClN6S2. The maximum Gasteiger partial charge on any atom is 0.232 e. The molecule has 1 aromatic carbocycles. The molecule has 0 saturated carbocycles. The number of aromatic nitrogens is 5. The van der Waals surface area contributed by atoms with E-state index in [0.717, 1.165) is 46.3 Å². The number of hydrogen-bond acceptors (Lipinski definition) is 7. The van der Waals surface area contributed by atoms with Gasteiger partial charge in [0.2, 0.25) is 5.95 Å². The summed E-state index contributed by atoms with van der Waals surface area (Å²) in [5.74, 6) is 1.56. The number of para-hydroxylation sites is 1. The molecule has 0 spiro atoms. The zero-order valence-electron chi connectivity index (χ0n) is 16.1. The molecule has 0 aliphatic carbocycles. The van der Waals surface area contributed by atoms with Gasteiger partial charge in [-0.15, -0.1) is 21.5 Å². The highest BCUT2D eigenvalue weighted by Crippen LogP contribution is 2.33. The Labute approximate surface area is 188 Å².